The van der Waals surface area contributed by atoms with Crippen molar-refractivity contribution in [3.63, 3.8) is 0 Å². The summed E-state index contributed by atoms with van der Waals surface area (Å²) in [6, 6.07) is 30.4. The smallest absolute Gasteiger partial charge is 0.407 e. The molecule has 3 N–H and O–H groups in total. The van der Waals surface area contributed by atoms with Crippen LogP contribution < -0.4 is 16.0 Å². The maximum atomic E-state index is 14.2. The fourth-order valence-corrected chi connectivity index (χ4v) is 8.55. The highest BCUT2D eigenvalue weighted by atomic mass is 28.4. The molecule has 61 heavy (non-hydrogen) atoms. The minimum Gasteiger partial charge on any atom is -0.459 e. The molecule has 0 bridgehead atoms. The molecular formula is C48H58N4O8Si. The minimum atomic E-state index is -2.36. The molecule has 1 heterocycles. The molecule has 6 rings (SSSR count). The number of fused-ring (bicyclic) bond motifs is 3. The Hall–Kier alpha value is -5.79. The van der Waals surface area contributed by atoms with Gasteiger partial charge in [-0.05, 0) is 71.3 Å². The van der Waals surface area contributed by atoms with Crippen LogP contribution in [0.4, 0.5) is 4.79 Å². The maximum absolute atomic E-state index is 14.2. The van der Waals surface area contributed by atoms with E-state index < -0.39 is 62.3 Å². The third-order valence-corrected chi connectivity index (χ3v) is 16.5. The number of carbonyl (C=O) groups is 5. The average molecular weight is 847 g/mol. The van der Waals surface area contributed by atoms with Crippen LogP contribution in [0, 0.1) is 0 Å². The summed E-state index contributed by atoms with van der Waals surface area (Å²) >= 11 is 0. The molecule has 2 aliphatic rings. The van der Waals surface area contributed by atoms with E-state index in [1.165, 1.54) is 4.90 Å². The van der Waals surface area contributed by atoms with Crippen LogP contribution in [-0.2, 0) is 46.1 Å². The number of benzene rings is 4. The second kappa shape index (κ2) is 19.7. The van der Waals surface area contributed by atoms with Gasteiger partial charge in [0.25, 0.3) is 0 Å². The van der Waals surface area contributed by atoms with Gasteiger partial charge in [0.15, 0.2) is 8.32 Å². The van der Waals surface area contributed by atoms with E-state index >= 15 is 0 Å². The van der Waals surface area contributed by atoms with Crippen molar-refractivity contribution in [1.29, 1.82) is 0 Å². The van der Waals surface area contributed by atoms with Crippen molar-refractivity contribution in [1.82, 2.24) is 20.9 Å². The number of hydrogen-bond donors (Lipinski definition) is 3. The molecule has 4 amide bonds. The van der Waals surface area contributed by atoms with Gasteiger partial charge in [0.05, 0.1) is 6.61 Å². The molecule has 1 saturated heterocycles. The van der Waals surface area contributed by atoms with Crippen molar-refractivity contribution in [3.05, 3.63) is 131 Å². The fourth-order valence-electron chi connectivity index (χ4n) is 7.54. The third-order valence-electron chi connectivity index (χ3n) is 12.0. The fraction of sp³-hybridized carbons (Fsp3) is 0.396. The highest BCUT2D eigenvalue weighted by molar-refractivity contribution is 6.74. The maximum Gasteiger partial charge on any atom is 0.407 e. The Balaban J connectivity index is 1.11. The van der Waals surface area contributed by atoms with Gasteiger partial charge in [-0.1, -0.05) is 130 Å². The highest BCUT2D eigenvalue weighted by Gasteiger charge is 2.41. The summed E-state index contributed by atoms with van der Waals surface area (Å²) in [5.41, 5.74) is 5.93. The standard InChI is InChI=1S/C48H58N4O8Si/c1-32(49-47(57)59-30-39-37-24-15-13-22-35(37)36-23-14-16-25-38(36)39)45(55)52-27-17-26-42(52)44(54)50-40(28-33-18-9-7-10-19-33)43(53)51-41(31-60-61(5,6)48(2,3)4)46(56)58-29-34-20-11-8-12-21-34/h7-16,18-25,32,39-42H,17,26-31H2,1-6H3,(H,49,57)(H,50,54)(H,51,53)/t32-,40+,41-,42-/m0/s1. The van der Waals surface area contributed by atoms with Gasteiger partial charge in [0.2, 0.25) is 17.7 Å². The van der Waals surface area contributed by atoms with Gasteiger partial charge in [0.1, 0.15) is 37.4 Å². The van der Waals surface area contributed by atoms with Gasteiger partial charge >= 0.3 is 12.1 Å². The largest absolute Gasteiger partial charge is 0.459 e. The first-order chi connectivity index (χ1) is 29.1. The summed E-state index contributed by atoms with van der Waals surface area (Å²) in [6.07, 6.45) is 0.297. The number of ether oxygens (including phenoxy) is 2. The molecule has 1 fully saturated rings. The van der Waals surface area contributed by atoms with E-state index in [2.05, 4.69) is 61.9 Å². The minimum absolute atomic E-state index is 0.0104. The molecule has 0 aromatic heterocycles. The van der Waals surface area contributed by atoms with Gasteiger partial charge in [-0.2, -0.15) is 0 Å². The first-order valence-corrected chi connectivity index (χ1v) is 23.9. The van der Waals surface area contributed by atoms with Crippen LogP contribution in [0.5, 0.6) is 0 Å². The number of nitrogens with zero attached hydrogens (tertiary/aromatic N) is 1. The van der Waals surface area contributed by atoms with E-state index in [0.29, 0.717) is 19.4 Å². The summed E-state index contributed by atoms with van der Waals surface area (Å²) in [5, 5.41) is 8.24. The monoisotopic (exact) mass is 846 g/mol. The number of likely N-dealkylation sites (tertiary alicyclic amines) is 1. The van der Waals surface area contributed by atoms with Crippen LogP contribution >= 0.6 is 0 Å². The van der Waals surface area contributed by atoms with Crippen LogP contribution in [0.2, 0.25) is 18.1 Å². The van der Waals surface area contributed by atoms with Crippen LogP contribution in [-0.4, -0.2) is 86.9 Å². The Morgan fingerprint density at radius 2 is 1.31 bits per heavy atom. The lowest BCUT2D eigenvalue weighted by Crippen LogP contribution is -2.58. The lowest BCUT2D eigenvalue weighted by Gasteiger charge is -2.37. The van der Waals surface area contributed by atoms with Gasteiger partial charge in [-0.15, -0.1) is 0 Å². The molecule has 4 atom stereocenters. The SMILES string of the molecule is C[C@H](NC(=O)OCC1c2ccccc2-c2ccccc21)C(=O)N1CCC[C@H]1C(=O)N[C@H](Cc1ccccc1)C(=O)N[C@@H](CO[Si](C)(C)C(C)(C)C)C(=O)OCc1ccccc1. The number of esters is 1. The molecule has 1 aliphatic heterocycles. The number of nitrogens with one attached hydrogen (secondary N) is 3. The topological polar surface area (TPSA) is 152 Å². The molecule has 1 aliphatic carbocycles. The van der Waals surface area contributed by atoms with Crippen LogP contribution in [0.3, 0.4) is 0 Å². The Morgan fingerprint density at radius 3 is 1.92 bits per heavy atom. The molecule has 0 unspecified atom stereocenters. The Morgan fingerprint density at radius 1 is 0.738 bits per heavy atom. The van der Waals surface area contributed by atoms with Crippen molar-refractivity contribution < 1.29 is 37.9 Å². The van der Waals surface area contributed by atoms with Gasteiger partial charge < -0.3 is 34.8 Å². The second-order valence-electron chi connectivity index (χ2n) is 17.4. The predicted octanol–water partition coefficient (Wildman–Crippen LogP) is 6.88. The van der Waals surface area contributed by atoms with E-state index in [-0.39, 0.29) is 37.2 Å². The van der Waals surface area contributed by atoms with E-state index in [0.717, 1.165) is 33.4 Å². The first kappa shape index (κ1) is 44.8. The van der Waals surface area contributed by atoms with Crippen molar-refractivity contribution in [2.45, 2.75) is 102 Å². The highest BCUT2D eigenvalue weighted by Crippen LogP contribution is 2.44. The zero-order valence-corrected chi connectivity index (χ0v) is 36.9. The summed E-state index contributed by atoms with van der Waals surface area (Å²) in [4.78, 5) is 70.3. The summed E-state index contributed by atoms with van der Waals surface area (Å²) in [5.74, 6) is -2.36. The molecule has 0 saturated carbocycles. The zero-order chi connectivity index (χ0) is 43.7. The predicted molar refractivity (Wildman–Crippen MR) is 236 cm³/mol. The van der Waals surface area contributed by atoms with Gasteiger partial charge in [0, 0.05) is 18.9 Å². The molecule has 12 nitrogen and oxygen atoms in total. The molecule has 4 aromatic carbocycles. The molecule has 13 heteroatoms. The summed E-state index contributed by atoms with van der Waals surface area (Å²) < 4.78 is 17.8. The van der Waals surface area contributed by atoms with Crippen LogP contribution in [0.15, 0.2) is 109 Å². The van der Waals surface area contributed by atoms with Crippen molar-refractivity contribution in [3.8, 4) is 11.1 Å². The Bertz CT molecular complexity index is 2130. The van der Waals surface area contributed by atoms with Crippen molar-refractivity contribution in [2.24, 2.45) is 0 Å². The first-order valence-electron chi connectivity index (χ1n) is 21.0. The van der Waals surface area contributed by atoms with Crippen LogP contribution in [0.25, 0.3) is 11.1 Å². The third kappa shape index (κ3) is 11.1. The number of rotatable bonds is 16. The zero-order valence-electron chi connectivity index (χ0n) is 35.9. The lowest BCUT2D eigenvalue weighted by molar-refractivity contribution is -0.150. The normalized spacial score (nSPS) is 16.4. The number of hydrogen-bond acceptors (Lipinski definition) is 8. The van der Waals surface area contributed by atoms with E-state index in [1.54, 1.807) is 6.92 Å². The van der Waals surface area contributed by atoms with E-state index in [1.807, 2.05) is 97.1 Å². The quantitative estimate of drug-likeness (QED) is 0.0816. The van der Waals surface area contributed by atoms with Crippen molar-refractivity contribution >= 4 is 38.1 Å². The van der Waals surface area contributed by atoms with Crippen molar-refractivity contribution in [2.75, 3.05) is 19.8 Å². The second-order valence-corrected chi connectivity index (χ2v) is 22.2. The summed E-state index contributed by atoms with van der Waals surface area (Å²) in [7, 11) is -2.36. The lowest BCUT2D eigenvalue weighted by atomic mass is 9.98. The van der Waals surface area contributed by atoms with E-state index in [4.69, 9.17) is 13.9 Å². The Labute approximate surface area is 359 Å². The number of alkyl carbamates (subject to hydrolysis) is 1. The van der Waals surface area contributed by atoms with E-state index in [9.17, 15) is 24.0 Å². The average Bonchev–Trinajstić information content (AvgIpc) is 3.87. The number of carbonyl (C=O) groups excluding carboxylic acids is 5. The molecule has 0 spiro atoms. The number of amides is 4. The van der Waals surface area contributed by atoms with Gasteiger partial charge in [-0.25, -0.2) is 9.59 Å². The molecule has 322 valence electrons. The van der Waals surface area contributed by atoms with Crippen LogP contribution in [0.1, 0.15) is 68.7 Å². The molecular weight excluding hydrogens is 789 g/mol. The molecule has 0 radical (unpaired) electrons. The molecule has 4 aromatic rings. The Kier molecular flexibility index (Phi) is 14.5. The van der Waals surface area contributed by atoms with Gasteiger partial charge in [-0.3, -0.25) is 14.4 Å². The summed E-state index contributed by atoms with van der Waals surface area (Å²) in [6.45, 7) is 12.2.